The first kappa shape index (κ1) is 14.5. The molecule has 1 unspecified atom stereocenters. The number of hydrogen-bond donors (Lipinski definition) is 2. The number of hydrogen-bond acceptors (Lipinski definition) is 5. The highest BCUT2D eigenvalue weighted by Gasteiger charge is 2.21. The standard InChI is InChI=1S/C14H19NO5/c1-3-4-15-14(17)9(2)20-11-6-13-12(18-8-19-13)5-10(11)7-16/h5-6,9,16H,3-4,7-8H2,1-2H3,(H,15,17). The van der Waals surface area contributed by atoms with Crippen LogP contribution >= 0.6 is 0 Å². The van der Waals surface area contributed by atoms with E-state index in [4.69, 9.17) is 14.2 Å². The topological polar surface area (TPSA) is 77.0 Å². The van der Waals surface area contributed by atoms with Crippen molar-refractivity contribution in [1.29, 1.82) is 0 Å². The fraction of sp³-hybridized carbons (Fsp3) is 0.500. The Hall–Kier alpha value is -1.95. The second-order valence-corrected chi connectivity index (χ2v) is 4.52. The van der Waals surface area contributed by atoms with Gasteiger partial charge in [-0.2, -0.15) is 0 Å². The summed E-state index contributed by atoms with van der Waals surface area (Å²) in [7, 11) is 0. The van der Waals surface area contributed by atoms with Gasteiger partial charge in [-0.25, -0.2) is 0 Å². The first-order chi connectivity index (χ1) is 9.65. The molecule has 0 bridgehead atoms. The molecule has 6 nitrogen and oxygen atoms in total. The van der Waals surface area contributed by atoms with Crippen molar-refractivity contribution in [3.63, 3.8) is 0 Å². The smallest absolute Gasteiger partial charge is 0.260 e. The lowest BCUT2D eigenvalue weighted by molar-refractivity contribution is -0.127. The number of nitrogens with one attached hydrogen (secondary N) is 1. The second kappa shape index (κ2) is 6.47. The number of aliphatic hydroxyl groups is 1. The van der Waals surface area contributed by atoms with Gasteiger partial charge in [0.2, 0.25) is 6.79 Å². The predicted molar refractivity (Wildman–Crippen MR) is 71.9 cm³/mol. The molecule has 0 radical (unpaired) electrons. The summed E-state index contributed by atoms with van der Waals surface area (Å²) in [6, 6.07) is 3.30. The first-order valence-electron chi connectivity index (χ1n) is 6.63. The number of aliphatic hydroxyl groups excluding tert-OH is 1. The zero-order valence-corrected chi connectivity index (χ0v) is 11.6. The van der Waals surface area contributed by atoms with Gasteiger partial charge < -0.3 is 24.6 Å². The number of fused-ring (bicyclic) bond motifs is 1. The van der Waals surface area contributed by atoms with Crippen LogP contribution < -0.4 is 19.5 Å². The van der Waals surface area contributed by atoms with Crippen molar-refractivity contribution < 1.29 is 24.1 Å². The number of amides is 1. The summed E-state index contributed by atoms with van der Waals surface area (Å²) in [6.45, 7) is 4.20. The van der Waals surface area contributed by atoms with Crippen molar-refractivity contribution in [2.75, 3.05) is 13.3 Å². The molecule has 1 aromatic rings. The molecule has 1 amide bonds. The van der Waals surface area contributed by atoms with Gasteiger partial charge >= 0.3 is 0 Å². The molecule has 2 N–H and O–H groups in total. The van der Waals surface area contributed by atoms with E-state index >= 15 is 0 Å². The van der Waals surface area contributed by atoms with Crippen LogP contribution in [0.1, 0.15) is 25.8 Å². The Kier molecular flexibility index (Phi) is 4.68. The van der Waals surface area contributed by atoms with E-state index in [-0.39, 0.29) is 19.3 Å². The minimum Gasteiger partial charge on any atom is -0.480 e. The lowest BCUT2D eigenvalue weighted by Gasteiger charge is -2.17. The number of carbonyl (C=O) groups excluding carboxylic acids is 1. The molecule has 0 saturated heterocycles. The van der Waals surface area contributed by atoms with Crippen LogP contribution in [0.4, 0.5) is 0 Å². The maximum Gasteiger partial charge on any atom is 0.260 e. The van der Waals surface area contributed by atoms with Gasteiger partial charge in [-0.05, 0) is 19.4 Å². The molecule has 6 heteroatoms. The second-order valence-electron chi connectivity index (χ2n) is 4.52. The molecular formula is C14H19NO5. The van der Waals surface area contributed by atoms with E-state index in [9.17, 15) is 9.90 Å². The van der Waals surface area contributed by atoms with Crippen LogP contribution in [-0.2, 0) is 11.4 Å². The van der Waals surface area contributed by atoms with Crippen molar-refractivity contribution in [3.8, 4) is 17.2 Å². The van der Waals surface area contributed by atoms with E-state index in [0.717, 1.165) is 6.42 Å². The van der Waals surface area contributed by atoms with Crippen LogP contribution in [0.5, 0.6) is 17.2 Å². The van der Waals surface area contributed by atoms with Gasteiger partial charge in [0.1, 0.15) is 5.75 Å². The lowest BCUT2D eigenvalue weighted by atomic mass is 10.2. The van der Waals surface area contributed by atoms with E-state index in [0.29, 0.717) is 29.4 Å². The first-order valence-corrected chi connectivity index (χ1v) is 6.63. The molecule has 1 aliphatic heterocycles. The minimum atomic E-state index is -0.646. The van der Waals surface area contributed by atoms with E-state index in [2.05, 4.69) is 5.32 Å². The van der Waals surface area contributed by atoms with Crippen LogP contribution in [-0.4, -0.2) is 30.5 Å². The number of ether oxygens (including phenoxy) is 3. The Balaban J connectivity index is 2.10. The summed E-state index contributed by atoms with van der Waals surface area (Å²) < 4.78 is 16.1. The number of benzene rings is 1. The third-order valence-corrected chi connectivity index (χ3v) is 2.95. The quantitative estimate of drug-likeness (QED) is 0.819. The highest BCUT2D eigenvalue weighted by Crippen LogP contribution is 2.38. The van der Waals surface area contributed by atoms with Crippen molar-refractivity contribution in [2.24, 2.45) is 0 Å². The Labute approximate surface area is 117 Å². The summed E-state index contributed by atoms with van der Waals surface area (Å²) in [6.07, 6.45) is 0.219. The molecule has 1 aliphatic rings. The third kappa shape index (κ3) is 3.14. The van der Waals surface area contributed by atoms with Gasteiger partial charge in [-0.1, -0.05) is 6.92 Å². The maximum atomic E-state index is 11.8. The SMILES string of the molecule is CCCNC(=O)C(C)Oc1cc2c(cc1CO)OCO2. The van der Waals surface area contributed by atoms with Crippen LogP contribution in [0.3, 0.4) is 0 Å². The van der Waals surface area contributed by atoms with Gasteiger partial charge in [-0.15, -0.1) is 0 Å². The molecule has 1 atom stereocenters. The average Bonchev–Trinajstić information content (AvgIpc) is 2.90. The van der Waals surface area contributed by atoms with Gasteiger partial charge in [0, 0.05) is 18.2 Å². The molecule has 0 fully saturated rings. The monoisotopic (exact) mass is 281 g/mol. The molecule has 0 aliphatic carbocycles. The zero-order chi connectivity index (χ0) is 14.5. The van der Waals surface area contributed by atoms with Gasteiger partial charge in [0.25, 0.3) is 5.91 Å². The van der Waals surface area contributed by atoms with Crippen LogP contribution in [0.15, 0.2) is 12.1 Å². The van der Waals surface area contributed by atoms with Crippen LogP contribution in [0.25, 0.3) is 0 Å². The Morgan fingerprint density at radius 1 is 1.45 bits per heavy atom. The average molecular weight is 281 g/mol. The summed E-state index contributed by atoms with van der Waals surface area (Å²) in [5.74, 6) is 1.37. The zero-order valence-electron chi connectivity index (χ0n) is 11.6. The molecule has 2 rings (SSSR count). The van der Waals surface area contributed by atoms with Crippen LogP contribution in [0.2, 0.25) is 0 Å². The van der Waals surface area contributed by atoms with E-state index in [1.54, 1.807) is 19.1 Å². The van der Waals surface area contributed by atoms with E-state index in [1.807, 2.05) is 6.92 Å². The highest BCUT2D eigenvalue weighted by molar-refractivity contribution is 5.80. The largest absolute Gasteiger partial charge is 0.480 e. The fourth-order valence-electron chi connectivity index (χ4n) is 1.83. The predicted octanol–water partition coefficient (Wildman–Crippen LogP) is 1.20. The summed E-state index contributed by atoms with van der Waals surface area (Å²) in [4.78, 5) is 11.8. The molecule has 1 aromatic carbocycles. The molecule has 0 aromatic heterocycles. The highest BCUT2D eigenvalue weighted by atomic mass is 16.7. The van der Waals surface area contributed by atoms with Crippen molar-refractivity contribution in [3.05, 3.63) is 17.7 Å². The van der Waals surface area contributed by atoms with E-state index in [1.165, 1.54) is 0 Å². The normalized spacial score (nSPS) is 13.9. The maximum absolute atomic E-state index is 11.8. The van der Waals surface area contributed by atoms with Gasteiger partial charge in [0.15, 0.2) is 17.6 Å². The van der Waals surface area contributed by atoms with Crippen LogP contribution in [0, 0.1) is 0 Å². The molecule has 1 heterocycles. The Morgan fingerprint density at radius 3 is 2.80 bits per heavy atom. The summed E-state index contributed by atoms with van der Waals surface area (Å²) in [5.41, 5.74) is 0.560. The van der Waals surface area contributed by atoms with Gasteiger partial charge in [0.05, 0.1) is 6.61 Å². The molecule has 0 saturated carbocycles. The molecular weight excluding hydrogens is 262 g/mol. The third-order valence-electron chi connectivity index (χ3n) is 2.95. The van der Waals surface area contributed by atoms with Gasteiger partial charge in [-0.3, -0.25) is 4.79 Å². The minimum absolute atomic E-state index is 0.149. The van der Waals surface area contributed by atoms with E-state index < -0.39 is 6.10 Å². The molecule has 110 valence electrons. The fourth-order valence-corrected chi connectivity index (χ4v) is 1.83. The lowest BCUT2D eigenvalue weighted by Crippen LogP contribution is -2.36. The number of rotatable bonds is 6. The van der Waals surface area contributed by atoms with Crippen molar-refractivity contribution in [2.45, 2.75) is 33.0 Å². The molecule has 20 heavy (non-hydrogen) atoms. The van der Waals surface area contributed by atoms with Crippen molar-refractivity contribution >= 4 is 5.91 Å². The Morgan fingerprint density at radius 2 is 2.15 bits per heavy atom. The Bertz CT molecular complexity index is 489. The molecule has 0 spiro atoms. The summed E-state index contributed by atoms with van der Waals surface area (Å²) >= 11 is 0. The summed E-state index contributed by atoms with van der Waals surface area (Å²) in [5, 5.41) is 12.1. The van der Waals surface area contributed by atoms with Crippen molar-refractivity contribution in [1.82, 2.24) is 5.32 Å². The number of carbonyl (C=O) groups is 1.